The lowest BCUT2D eigenvalue weighted by Crippen LogP contribution is -2.09. The summed E-state index contributed by atoms with van der Waals surface area (Å²) < 4.78 is 6.25. The first-order valence-electron chi connectivity index (χ1n) is 9.19. The lowest BCUT2D eigenvalue weighted by molar-refractivity contribution is 0.342. The summed E-state index contributed by atoms with van der Waals surface area (Å²) in [7, 11) is 0. The van der Waals surface area contributed by atoms with Gasteiger partial charge in [0.25, 0.3) is 0 Å². The molecule has 0 bridgehead atoms. The van der Waals surface area contributed by atoms with E-state index in [0.29, 0.717) is 0 Å². The van der Waals surface area contributed by atoms with Gasteiger partial charge in [-0.15, -0.1) is 0 Å². The van der Waals surface area contributed by atoms with E-state index >= 15 is 0 Å². The average Bonchev–Trinajstić information content (AvgIpc) is 2.64. The summed E-state index contributed by atoms with van der Waals surface area (Å²) in [5, 5.41) is 0. The summed E-state index contributed by atoms with van der Waals surface area (Å²) >= 11 is 0. The van der Waals surface area contributed by atoms with Gasteiger partial charge in [0.2, 0.25) is 0 Å². The van der Waals surface area contributed by atoms with Crippen LogP contribution in [0.15, 0.2) is 48.0 Å². The van der Waals surface area contributed by atoms with E-state index in [-0.39, 0.29) is 0 Å². The molecule has 0 aliphatic heterocycles. The van der Waals surface area contributed by atoms with Crippen LogP contribution in [0.25, 0.3) is 5.57 Å². The first kappa shape index (κ1) is 16.8. The molecule has 0 atom stereocenters. The highest BCUT2D eigenvalue weighted by Gasteiger charge is 2.15. The van der Waals surface area contributed by atoms with Crippen molar-refractivity contribution in [3.63, 3.8) is 0 Å². The number of aryl methyl sites for hydroxylation is 1. The number of allylic oxidation sites excluding steroid dienone is 1. The predicted octanol–water partition coefficient (Wildman–Crippen LogP) is 6.27. The normalized spacial score (nSPS) is 14.8. The Morgan fingerprint density at radius 3 is 2.38 bits per heavy atom. The Balaban J connectivity index is 1.82. The highest BCUT2D eigenvalue weighted by atomic mass is 16.5. The molecule has 2 aromatic rings. The van der Waals surface area contributed by atoms with Crippen molar-refractivity contribution in [2.75, 3.05) is 6.61 Å². The quantitative estimate of drug-likeness (QED) is 0.630. The van der Waals surface area contributed by atoms with Crippen molar-refractivity contribution in [3.8, 4) is 5.75 Å². The molecule has 0 radical (unpaired) electrons. The highest BCUT2D eigenvalue weighted by molar-refractivity contribution is 5.69. The van der Waals surface area contributed by atoms with Gasteiger partial charge in [-0.25, -0.2) is 0 Å². The van der Waals surface area contributed by atoms with E-state index in [0.717, 1.165) is 25.2 Å². The fourth-order valence-electron chi connectivity index (χ4n) is 3.67. The number of hydrogen-bond donors (Lipinski definition) is 0. The molecule has 0 fully saturated rings. The molecule has 0 saturated heterocycles. The second-order valence-corrected chi connectivity index (χ2v) is 6.77. The first-order chi connectivity index (χ1) is 11.7. The lowest BCUT2D eigenvalue weighted by Gasteiger charge is -2.22. The molecule has 1 nitrogen and oxygen atoms in total. The van der Waals surface area contributed by atoms with Gasteiger partial charge < -0.3 is 4.74 Å². The van der Waals surface area contributed by atoms with Crippen molar-refractivity contribution in [3.05, 3.63) is 70.3 Å². The van der Waals surface area contributed by atoms with E-state index in [9.17, 15) is 0 Å². The Labute approximate surface area is 146 Å². The van der Waals surface area contributed by atoms with E-state index in [4.69, 9.17) is 4.74 Å². The van der Waals surface area contributed by atoms with E-state index in [2.05, 4.69) is 63.2 Å². The molecule has 126 valence electrons. The van der Waals surface area contributed by atoms with Gasteiger partial charge in [-0.3, -0.25) is 0 Å². The fraction of sp³-hybridized carbons (Fsp3) is 0.391. The molecule has 0 unspecified atom stereocenters. The second kappa shape index (κ2) is 7.70. The molecule has 24 heavy (non-hydrogen) atoms. The zero-order chi connectivity index (χ0) is 16.9. The van der Waals surface area contributed by atoms with Crippen LogP contribution in [0.1, 0.15) is 54.9 Å². The van der Waals surface area contributed by atoms with E-state index < -0.39 is 0 Å². The number of ether oxygens (including phenoxy) is 1. The summed E-state index contributed by atoms with van der Waals surface area (Å²) in [5.41, 5.74) is 8.42. The predicted molar refractivity (Wildman–Crippen MR) is 103 cm³/mol. The smallest absolute Gasteiger partial charge is 0.122 e. The van der Waals surface area contributed by atoms with Gasteiger partial charge in [0, 0.05) is 0 Å². The minimum atomic E-state index is 0.718. The molecule has 1 aliphatic carbocycles. The molecule has 2 aromatic carbocycles. The third-order valence-corrected chi connectivity index (χ3v) is 5.34. The fourth-order valence-corrected chi connectivity index (χ4v) is 3.67. The average molecular weight is 320 g/mol. The Morgan fingerprint density at radius 2 is 1.62 bits per heavy atom. The van der Waals surface area contributed by atoms with Crippen LogP contribution in [0.4, 0.5) is 0 Å². The molecule has 3 rings (SSSR count). The van der Waals surface area contributed by atoms with Crippen LogP contribution < -0.4 is 4.74 Å². The molecule has 1 aliphatic rings. The van der Waals surface area contributed by atoms with Crippen molar-refractivity contribution >= 4 is 5.57 Å². The van der Waals surface area contributed by atoms with Gasteiger partial charge in [0.15, 0.2) is 0 Å². The monoisotopic (exact) mass is 320 g/mol. The third kappa shape index (κ3) is 3.56. The molecule has 0 heterocycles. The summed E-state index contributed by atoms with van der Waals surface area (Å²) in [6.45, 7) is 7.31. The van der Waals surface area contributed by atoms with Gasteiger partial charge in [-0.05, 0) is 85.4 Å². The minimum Gasteiger partial charge on any atom is -0.489 e. The van der Waals surface area contributed by atoms with Crippen LogP contribution >= 0.6 is 0 Å². The lowest BCUT2D eigenvalue weighted by atomic mass is 9.88. The van der Waals surface area contributed by atoms with Crippen LogP contribution in [0.2, 0.25) is 0 Å². The van der Waals surface area contributed by atoms with Crippen molar-refractivity contribution in [2.45, 2.75) is 52.9 Å². The van der Waals surface area contributed by atoms with Crippen LogP contribution in [0.5, 0.6) is 5.75 Å². The largest absolute Gasteiger partial charge is 0.489 e. The summed E-state index contributed by atoms with van der Waals surface area (Å²) in [4.78, 5) is 0. The Kier molecular flexibility index (Phi) is 5.40. The second-order valence-electron chi connectivity index (χ2n) is 6.77. The van der Waals surface area contributed by atoms with E-state index in [1.807, 2.05) is 0 Å². The van der Waals surface area contributed by atoms with Gasteiger partial charge >= 0.3 is 0 Å². The maximum absolute atomic E-state index is 6.25. The van der Waals surface area contributed by atoms with Crippen LogP contribution in [-0.2, 0) is 6.42 Å². The van der Waals surface area contributed by atoms with Crippen molar-refractivity contribution in [2.24, 2.45) is 0 Å². The maximum atomic E-state index is 6.25. The topological polar surface area (TPSA) is 9.23 Å². The Morgan fingerprint density at radius 1 is 0.875 bits per heavy atom. The molecule has 0 spiro atoms. The van der Waals surface area contributed by atoms with Crippen LogP contribution in [0.3, 0.4) is 0 Å². The van der Waals surface area contributed by atoms with E-state index in [1.54, 1.807) is 0 Å². The molecule has 0 amide bonds. The van der Waals surface area contributed by atoms with Crippen LogP contribution in [0, 0.1) is 13.8 Å². The Hall–Kier alpha value is -2.02. The maximum Gasteiger partial charge on any atom is 0.122 e. The molecule has 0 saturated carbocycles. The molecular weight excluding hydrogens is 292 g/mol. The SMILES string of the molecule is CCc1ccc(OCC2=C(c3ccccc3)CCCC2)c(C)c1C. The minimum absolute atomic E-state index is 0.718. The Bertz CT molecular complexity index is 725. The molecular formula is C23H28O. The number of benzene rings is 2. The highest BCUT2D eigenvalue weighted by Crippen LogP contribution is 2.33. The van der Waals surface area contributed by atoms with E-state index in [1.165, 1.54) is 52.7 Å². The summed E-state index contributed by atoms with van der Waals surface area (Å²) in [6, 6.07) is 15.2. The van der Waals surface area contributed by atoms with Crippen LogP contribution in [-0.4, -0.2) is 6.61 Å². The zero-order valence-corrected chi connectivity index (χ0v) is 15.2. The van der Waals surface area contributed by atoms with Gasteiger partial charge in [-0.2, -0.15) is 0 Å². The molecule has 0 aromatic heterocycles. The standard InChI is InChI=1S/C23H28O/c1-4-19-14-15-23(18(3)17(19)2)24-16-21-12-8-9-13-22(21)20-10-6-5-7-11-20/h5-7,10-11,14-15H,4,8-9,12-13,16H2,1-3H3. The zero-order valence-electron chi connectivity index (χ0n) is 15.2. The van der Waals surface area contributed by atoms with Gasteiger partial charge in [0.1, 0.15) is 12.4 Å². The number of rotatable bonds is 5. The van der Waals surface area contributed by atoms with Crippen molar-refractivity contribution in [1.29, 1.82) is 0 Å². The summed E-state index contributed by atoms with van der Waals surface area (Å²) in [5.74, 6) is 1.04. The first-order valence-corrected chi connectivity index (χ1v) is 9.19. The third-order valence-electron chi connectivity index (χ3n) is 5.34. The number of hydrogen-bond acceptors (Lipinski definition) is 1. The van der Waals surface area contributed by atoms with Crippen molar-refractivity contribution in [1.82, 2.24) is 0 Å². The van der Waals surface area contributed by atoms with Crippen molar-refractivity contribution < 1.29 is 4.74 Å². The molecule has 0 N–H and O–H groups in total. The summed E-state index contributed by atoms with van der Waals surface area (Å²) in [6.07, 6.45) is 5.99. The van der Waals surface area contributed by atoms with Gasteiger partial charge in [-0.1, -0.05) is 43.3 Å². The molecule has 1 heteroatoms. The van der Waals surface area contributed by atoms with Gasteiger partial charge in [0.05, 0.1) is 0 Å².